The molecule has 130 valence electrons. The van der Waals surface area contributed by atoms with Crippen molar-refractivity contribution in [2.45, 2.75) is 20.8 Å². The van der Waals surface area contributed by atoms with Crippen molar-refractivity contribution in [3.05, 3.63) is 95.4 Å². The van der Waals surface area contributed by atoms with Crippen LogP contribution in [0.5, 0.6) is 0 Å². The fraction of sp³-hybridized carbons (Fsp3) is 0.125. The first kappa shape index (κ1) is 16.9. The molecule has 0 bridgehead atoms. The van der Waals surface area contributed by atoms with Crippen LogP contribution in [0.25, 0.3) is 22.3 Å². The number of pyridine rings is 2. The number of aryl methyl sites for hydroxylation is 2. The SMILES string of the molecule is Cc1c(-[n+]2ccccc2C)cc(C#N)cc1-[n+]1c(C)ccc2ccccc21. The first-order valence-corrected chi connectivity index (χ1v) is 9.03. The summed E-state index contributed by atoms with van der Waals surface area (Å²) < 4.78 is 4.38. The zero-order chi connectivity index (χ0) is 19.0. The molecule has 0 saturated carbocycles. The maximum absolute atomic E-state index is 9.65. The van der Waals surface area contributed by atoms with E-state index in [1.165, 1.54) is 5.39 Å². The van der Waals surface area contributed by atoms with Crippen molar-refractivity contribution in [1.29, 1.82) is 5.26 Å². The van der Waals surface area contributed by atoms with Crippen LogP contribution < -0.4 is 9.13 Å². The number of benzene rings is 2. The number of nitrogens with zero attached hydrogens (tertiary/aromatic N) is 3. The largest absolute Gasteiger partial charge is 0.222 e. The van der Waals surface area contributed by atoms with E-state index in [0.29, 0.717) is 5.56 Å². The molecule has 0 aliphatic rings. The van der Waals surface area contributed by atoms with Crippen LogP contribution in [0.3, 0.4) is 0 Å². The van der Waals surface area contributed by atoms with Gasteiger partial charge in [-0.05, 0) is 19.1 Å². The molecule has 4 rings (SSSR count). The highest BCUT2D eigenvalue weighted by molar-refractivity contribution is 5.76. The lowest BCUT2D eigenvalue weighted by molar-refractivity contribution is -0.605. The highest BCUT2D eigenvalue weighted by Crippen LogP contribution is 2.21. The standard InChI is InChI=1S/C24H21N3/c1-17-8-6-7-13-26(17)23-14-20(16-25)15-24(19(23)3)27-18(2)11-12-21-9-4-5-10-22(21)27/h4-15H,1-3H3/q+2. The van der Waals surface area contributed by atoms with E-state index in [2.05, 4.69) is 78.4 Å². The predicted molar refractivity (Wildman–Crippen MR) is 106 cm³/mol. The molecule has 4 aromatic rings. The lowest BCUT2D eigenvalue weighted by atomic mass is 10.0. The molecule has 0 N–H and O–H groups in total. The summed E-state index contributed by atoms with van der Waals surface area (Å²) in [5, 5.41) is 10.8. The minimum Gasteiger partial charge on any atom is -0.192 e. The number of nitriles is 1. The van der Waals surface area contributed by atoms with Gasteiger partial charge in [0.05, 0.1) is 17.2 Å². The highest BCUT2D eigenvalue weighted by Gasteiger charge is 2.25. The lowest BCUT2D eigenvalue weighted by Crippen LogP contribution is -2.39. The van der Waals surface area contributed by atoms with Gasteiger partial charge >= 0.3 is 0 Å². The second kappa shape index (κ2) is 6.66. The molecule has 0 fully saturated rings. The first-order valence-electron chi connectivity index (χ1n) is 9.03. The summed E-state index contributed by atoms with van der Waals surface area (Å²) in [5.74, 6) is 0. The number of hydrogen-bond donors (Lipinski definition) is 0. The van der Waals surface area contributed by atoms with E-state index < -0.39 is 0 Å². The van der Waals surface area contributed by atoms with Crippen LogP contribution in [0.4, 0.5) is 0 Å². The van der Waals surface area contributed by atoms with Crippen molar-refractivity contribution >= 4 is 10.9 Å². The Morgan fingerprint density at radius 3 is 2.30 bits per heavy atom. The maximum atomic E-state index is 9.65. The van der Waals surface area contributed by atoms with Crippen LogP contribution >= 0.6 is 0 Å². The fourth-order valence-electron chi connectivity index (χ4n) is 3.66. The normalized spacial score (nSPS) is 10.7. The number of aromatic nitrogens is 2. The maximum Gasteiger partial charge on any atom is 0.222 e. The summed E-state index contributed by atoms with van der Waals surface area (Å²) in [6, 6.07) is 25.0. The van der Waals surface area contributed by atoms with Gasteiger partial charge in [-0.3, -0.25) is 0 Å². The van der Waals surface area contributed by atoms with Gasteiger partial charge in [0.2, 0.25) is 16.9 Å². The minimum atomic E-state index is 0.654. The molecule has 2 aromatic carbocycles. The Kier molecular flexibility index (Phi) is 4.18. The summed E-state index contributed by atoms with van der Waals surface area (Å²) in [7, 11) is 0. The summed E-state index contributed by atoms with van der Waals surface area (Å²) in [4.78, 5) is 0. The molecule has 0 radical (unpaired) electrons. The lowest BCUT2D eigenvalue weighted by Gasteiger charge is -2.09. The third kappa shape index (κ3) is 2.86. The average molecular weight is 351 g/mol. The van der Waals surface area contributed by atoms with Gasteiger partial charge in [0.25, 0.3) is 0 Å². The van der Waals surface area contributed by atoms with Crippen LogP contribution in [0.1, 0.15) is 22.5 Å². The molecule has 2 aromatic heterocycles. The van der Waals surface area contributed by atoms with Crippen molar-refractivity contribution in [3.8, 4) is 17.4 Å². The summed E-state index contributed by atoms with van der Waals surface area (Å²) >= 11 is 0. The van der Waals surface area contributed by atoms with E-state index in [0.717, 1.165) is 33.8 Å². The van der Waals surface area contributed by atoms with Crippen molar-refractivity contribution in [1.82, 2.24) is 0 Å². The zero-order valence-electron chi connectivity index (χ0n) is 15.8. The van der Waals surface area contributed by atoms with Gasteiger partial charge in [0.1, 0.15) is 0 Å². The Balaban J connectivity index is 2.10. The van der Waals surface area contributed by atoms with Crippen molar-refractivity contribution in [2.24, 2.45) is 0 Å². The first-order chi connectivity index (χ1) is 13.1. The minimum absolute atomic E-state index is 0.654. The molecule has 0 aliphatic heterocycles. The molecule has 3 nitrogen and oxygen atoms in total. The quantitative estimate of drug-likeness (QED) is 0.498. The van der Waals surface area contributed by atoms with Crippen molar-refractivity contribution < 1.29 is 9.13 Å². The average Bonchev–Trinajstić information content (AvgIpc) is 2.69. The Bertz CT molecular complexity index is 1220. The van der Waals surface area contributed by atoms with Crippen LogP contribution in [-0.2, 0) is 0 Å². The van der Waals surface area contributed by atoms with E-state index in [-0.39, 0.29) is 0 Å². The van der Waals surface area contributed by atoms with Gasteiger partial charge in [0, 0.05) is 55.6 Å². The summed E-state index contributed by atoms with van der Waals surface area (Å²) in [6.07, 6.45) is 2.04. The Hall–Kier alpha value is -3.51. The molecule has 0 unspecified atom stereocenters. The van der Waals surface area contributed by atoms with E-state index in [1.807, 2.05) is 30.5 Å². The van der Waals surface area contributed by atoms with Gasteiger partial charge in [0.15, 0.2) is 17.6 Å². The zero-order valence-corrected chi connectivity index (χ0v) is 15.8. The highest BCUT2D eigenvalue weighted by atomic mass is 15.0. The molecule has 0 aliphatic carbocycles. The molecular weight excluding hydrogens is 330 g/mol. The van der Waals surface area contributed by atoms with Crippen LogP contribution in [0.15, 0.2) is 72.9 Å². The van der Waals surface area contributed by atoms with Crippen molar-refractivity contribution in [3.63, 3.8) is 0 Å². The van der Waals surface area contributed by atoms with Gasteiger partial charge in [-0.1, -0.05) is 18.2 Å². The second-order valence-corrected chi connectivity index (χ2v) is 6.83. The smallest absolute Gasteiger partial charge is 0.192 e. The molecule has 0 saturated heterocycles. The molecule has 2 heterocycles. The number of rotatable bonds is 2. The van der Waals surface area contributed by atoms with E-state index in [1.54, 1.807) is 0 Å². The van der Waals surface area contributed by atoms with E-state index in [4.69, 9.17) is 0 Å². The molecule has 0 amide bonds. The molecule has 3 heteroatoms. The number of hydrogen-bond acceptors (Lipinski definition) is 1. The topological polar surface area (TPSA) is 31.5 Å². The van der Waals surface area contributed by atoms with Gasteiger partial charge in [-0.25, -0.2) is 0 Å². The Labute approximate surface area is 159 Å². The van der Waals surface area contributed by atoms with Crippen LogP contribution in [0.2, 0.25) is 0 Å². The fourth-order valence-corrected chi connectivity index (χ4v) is 3.66. The van der Waals surface area contributed by atoms with Gasteiger partial charge in [-0.15, -0.1) is 0 Å². The van der Waals surface area contributed by atoms with Gasteiger partial charge in [-0.2, -0.15) is 14.4 Å². The summed E-state index contributed by atoms with van der Waals surface area (Å²) in [6.45, 7) is 6.31. The third-order valence-corrected chi connectivity index (χ3v) is 5.08. The number of para-hydroxylation sites is 1. The molecule has 0 atom stereocenters. The van der Waals surface area contributed by atoms with Crippen LogP contribution in [-0.4, -0.2) is 0 Å². The van der Waals surface area contributed by atoms with E-state index >= 15 is 0 Å². The van der Waals surface area contributed by atoms with E-state index in [9.17, 15) is 5.26 Å². The molecular formula is C24H21N3+2. The van der Waals surface area contributed by atoms with Crippen LogP contribution in [0, 0.1) is 32.1 Å². The molecule has 0 spiro atoms. The predicted octanol–water partition coefficient (Wildman–Crippen LogP) is 4.19. The monoisotopic (exact) mass is 351 g/mol. The summed E-state index contributed by atoms with van der Waals surface area (Å²) in [5.41, 5.74) is 7.25. The Morgan fingerprint density at radius 2 is 1.52 bits per heavy atom. The Morgan fingerprint density at radius 1 is 0.778 bits per heavy atom. The van der Waals surface area contributed by atoms with Gasteiger partial charge < -0.3 is 0 Å². The number of fused-ring (bicyclic) bond motifs is 1. The second-order valence-electron chi connectivity index (χ2n) is 6.83. The molecule has 27 heavy (non-hydrogen) atoms. The third-order valence-electron chi connectivity index (χ3n) is 5.08. The van der Waals surface area contributed by atoms with Crippen molar-refractivity contribution in [2.75, 3.05) is 0 Å².